The average molecular weight is 553 g/mol. The molecule has 8 nitrogen and oxygen atoms in total. The lowest BCUT2D eigenvalue weighted by Crippen LogP contribution is -2.38. The Balaban J connectivity index is 1.19. The smallest absolute Gasteiger partial charge is 0.228 e. The van der Waals surface area contributed by atoms with E-state index in [0.29, 0.717) is 39.6 Å². The SMILES string of the molecule is Cc1ccc2c(NC(=O)[C@@H]3CC34CCC4)c(F)ccc2c1Oc1ncccc1-c1ccnc(NC2CCCNC2)n1. The van der Waals surface area contributed by atoms with Gasteiger partial charge in [-0.1, -0.05) is 18.6 Å². The van der Waals surface area contributed by atoms with Crippen LogP contribution in [0.2, 0.25) is 0 Å². The number of aromatic nitrogens is 3. The topological polar surface area (TPSA) is 101 Å². The zero-order valence-corrected chi connectivity index (χ0v) is 23.0. The third-order valence-corrected chi connectivity index (χ3v) is 8.93. The highest BCUT2D eigenvalue weighted by atomic mass is 19.1. The van der Waals surface area contributed by atoms with E-state index >= 15 is 4.39 Å². The average Bonchev–Trinajstić information content (AvgIpc) is 3.75. The molecular weight excluding hydrogens is 519 g/mol. The number of benzene rings is 2. The third kappa shape index (κ3) is 4.88. The summed E-state index contributed by atoms with van der Waals surface area (Å²) in [6.45, 7) is 3.85. The van der Waals surface area contributed by atoms with E-state index in [-0.39, 0.29) is 29.0 Å². The number of aryl methyl sites for hydroxylation is 1. The van der Waals surface area contributed by atoms with Crippen LogP contribution in [-0.2, 0) is 4.79 Å². The molecule has 3 fully saturated rings. The van der Waals surface area contributed by atoms with E-state index in [1.54, 1.807) is 18.5 Å². The van der Waals surface area contributed by atoms with Crippen LogP contribution in [0.3, 0.4) is 0 Å². The summed E-state index contributed by atoms with van der Waals surface area (Å²) in [5.74, 6) is 0.916. The lowest BCUT2D eigenvalue weighted by Gasteiger charge is -2.26. The molecule has 4 aromatic rings. The summed E-state index contributed by atoms with van der Waals surface area (Å²) in [5, 5.41) is 11.0. The molecule has 9 heteroatoms. The second kappa shape index (κ2) is 10.4. The first kappa shape index (κ1) is 25.8. The summed E-state index contributed by atoms with van der Waals surface area (Å²) in [7, 11) is 0. The number of nitrogens with zero attached hydrogens (tertiary/aromatic N) is 3. The number of hydrogen-bond acceptors (Lipinski definition) is 7. The van der Waals surface area contributed by atoms with Gasteiger partial charge in [0.05, 0.1) is 16.9 Å². The fourth-order valence-corrected chi connectivity index (χ4v) is 6.33. The fourth-order valence-electron chi connectivity index (χ4n) is 6.33. The Morgan fingerprint density at radius 3 is 2.73 bits per heavy atom. The highest BCUT2D eigenvalue weighted by Gasteiger charge is 2.60. The molecule has 210 valence electrons. The van der Waals surface area contributed by atoms with Crippen LogP contribution in [0.25, 0.3) is 22.0 Å². The van der Waals surface area contributed by atoms with Gasteiger partial charge in [-0.3, -0.25) is 4.79 Å². The number of pyridine rings is 1. The number of amides is 1. The van der Waals surface area contributed by atoms with Crippen molar-refractivity contribution < 1.29 is 13.9 Å². The van der Waals surface area contributed by atoms with Crippen molar-refractivity contribution in [1.29, 1.82) is 0 Å². The molecule has 2 aromatic carbocycles. The van der Waals surface area contributed by atoms with Crippen molar-refractivity contribution in [3.63, 3.8) is 0 Å². The monoisotopic (exact) mass is 552 g/mol. The molecule has 2 atom stereocenters. The number of rotatable bonds is 7. The molecule has 2 aliphatic carbocycles. The first-order valence-corrected chi connectivity index (χ1v) is 14.5. The summed E-state index contributed by atoms with van der Waals surface area (Å²) in [6, 6.07) is 12.7. The molecule has 2 saturated carbocycles. The normalized spacial score (nSPS) is 20.8. The Morgan fingerprint density at radius 2 is 1.95 bits per heavy atom. The molecule has 2 aromatic heterocycles. The van der Waals surface area contributed by atoms with Crippen molar-refractivity contribution in [3.05, 3.63) is 66.2 Å². The van der Waals surface area contributed by atoms with Gasteiger partial charge in [0.2, 0.25) is 17.7 Å². The second-order valence-electron chi connectivity index (χ2n) is 11.6. The Labute approximate surface area is 238 Å². The van der Waals surface area contributed by atoms with Crippen molar-refractivity contribution in [2.24, 2.45) is 11.3 Å². The highest BCUT2D eigenvalue weighted by Crippen LogP contribution is 2.65. The van der Waals surface area contributed by atoms with Crippen LogP contribution in [-0.4, -0.2) is 40.0 Å². The van der Waals surface area contributed by atoms with Gasteiger partial charge in [-0.2, -0.15) is 0 Å². The molecule has 1 aliphatic heterocycles. The van der Waals surface area contributed by atoms with E-state index in [1.807, 2.05) is 37.3 Å². The molecule has 1 unspecified atom stereocenters. The molecule has 3 aliphatic rings. The molecular formula is C32H33FN6O2. The minimum atomic E-state index is -0.461. The van der Waals surface area contributed by atoms with Crippen LogP contribution in [0.15, 0.2) is 54.9 Å². The molecule has 1 spiro atoms. The molecule has 3 heterocycles. The van der Waals surface area contributed by atoms with Crippen LogP contribution in [0.5, 0.6) is 11.6 Å². The summed E-state index contributed by atoms with van der Waals surface area (Å²) in [4.78, 5) is 26.8. The van der Waals surface area contributed by atoms with Gasteiger partial charge in [-0.15, -0.1) is 0 Å². The Bertz CT molecular complexity index is 1630. The predicted octanol–water partition coefficient (Wildman–Crippen LogP) is 6.22. The number of fused-ring (bicyclic) bond motifs is 1. The standard InChI is InChI=1S/C32H33FN6O2/c1-19-7-8-21-22(9-10-25(33)27(21)39-29(40)24-17-32(24)12-4-13-32)28(19)41-30-23(6-3-15-35-30)26-11-16-36-31(38-26)37-20-5-2-14-34-18-20/h3,6-11,15-16,20,24,34H,2,4-5,12-14,17-18H2,1H3,(H,39,40)(H,36,37,38)/t20?,24-/m0/s1. The Kier molecular flexibility index (Phi) is 6.54. The number of anilines is 2. The summed E-state index contributed by atoms with van der Waals surface area (Å²) >= 11 is 0. The zero-order chi connectivity index (χ0) is 28.0. The van der Waals surface area contributed by atoms with Crippen molar-refractivity contribution in [2.45, 2.75) is 51.5 Å². The molecule has 41 heavy (non-hydrogen) atoms. The number of halogens is 1. The molecule has 0 radical (unpaired) electrons. The van der Waals surface area contributed by atoms with Gasteiger partial charge in [0.15, 0.2) is 0 Å². The Hall–Kier alpha value is -4.11. The van der Waals surface area contributed by atoms with Crippen LogP contribution >= 0.6 is 0 Å². The van der Waals surface area contributed by atoms with E-state index in [0.717, 1.165) is 50.8 Å². The molecule has 0 bridgehead atoms. The van der Waals surface area contributed by atoms with Crippen LogP contribution in [0.4, 0.5) is 16.0 Å². The second-order valence-corrected chi connectivity index (χ2v) is 11.6. The predicted molar refractivity (Wildman–Crippen MR) is 157 cm³/mol. The van der Waals surface area contributed by atoms with Crippen molar-refractivity contribution in [1.82, 2.24) is 20.3 Å². The van der Waals surface area contributed by atoms with Gasteiger partial charge >= 0.3 is 0 Å². The van der Waals surface area contributed by atoms with Crippen molar-refractivity contribution in [3.8, 4) is 22.9 Å². The van der Waals surface area contributed by atoms with Gasteiger partial charge < -0.3 is 20.7 Å². The molecule has 7 rings (SSSR count). The highest BCUT2D eigenvalue weighted by molar-refractivity contribution is 6.06. The minimum Gasteiger partial charge on any atom is -0.437 e. The lowest BCUT2D eigenvalue weighted by molar-refractivity contribution is -0.118. The fraction of sp³-hybridized carbons (Fsp3) is 0.375. The third-order valence-electron chi connectivity index (χ3n) is 8.93. The van der Waals surface area contributed by atoms with E-state index in [9.17, 15) is 4.79 Å². The van der Waals surface area contributed by atoms with E-state index in [4.69, 9.17) is 9.72 Å². The number of hydrogen-bond donors (Lipinski definition) is 3. The Morgan fingerprint density at radius 1 is 1.07 bits per heavy atom. The van der Waals surface area contributed by atoms with E-state index in [2.05, 4.69) is 25.9 Å². The molecule has 3 N–H and O–H groups in total. The summed E-state index contributed by atoms with van der Waals surface area (Å²) in [6.07, 6.45) is 9.83. The van der Waals surface area contributed by atoms with E-state index in [1.165, 1.54) is 12.5 Å². The number of ether oxygens (including phenoxy) is 1. The summed E-state index contributed by atoms with van der Waals surface area (Å²) in [5.41, 5.74) is 2.62. The van der Waals surface area contributed by atoms with Crippen molar-refractivity contribution in [2.75, 3.05) is 23.7 Å². The summed E-state index contributed by atoms with van der Waals surface area (Å²) < 4.78 is 21.6. The van der Waals surface area contributed by atoms with Crippen LogP contribution < -0.4 is 20.7 Å². The molecule has 1 amide bonds. The lowest BCUT2D eigenvalue weighted by atomic mass is 9.79. The first-order chi connectivity index (χ1) is 20.0. The first-order valence-electron chi connectivity index (χ1n) is 14.5. The number of carbonyl (C=O) groups excluding carboxylic acids is 1. The largest absolute Gasteiger partial charge is 0.437 e. The minimum absolute atomic E-state index is 0.0234. The van der Waals surface area contributed by atoms with Crippen LogP contribution in [0, 0.1) is 24.1 Å². The van der Waals surface area contributed by atoms with Gasteiger partial charge in [-0.05, 0) is 86.9 Å². The maximum atomic E-state index is 15.1. The maximum Gasteiger partial charge on any atom is 0.228 e. The number of nitrogens with one attached hydrogen (secondary N) is 3. The van der Waals surface area contributed by atoms with Gasteiger partial charge in [-0.25, -0.2) is 19.3 Å². The van der Waals surface area contributed by atoms with E-state index < -0.39 is 5.82 Å². The number of carbonyl (C=O) groups is 1. The van der Waals surface area contributed by atoms with Gasteiger partial charge in [0.1, 0.15) is 11.6 Å². The molecule has 1 saturated heterocycles. The van der Waals surface area contributed by atoms with Crippen molar-refractivity contribution >= 4 is 28.3 Å². The van der Waals surface area contributed by atoms with Gasteiger partial charge in [0.25, 0.3) is 0 Å². The maximum absolute atomic E-state index is 15.1. The number of piperidine rings is 1. The zero-order valence-electron chi connectivity index (χ0n) is 23.0. The van der Waals surface area contributed by atoms with Crippen LogP contribution in [0.1, 0.15) is 44.1 Å². The quantitative estimate of drug-likeness (QED) is 0.250. The van der Waals surface area contributed by atoms with Gasteiger partial charge in [0, 0.05) is 41.7 Å².